The molecule has 0 unspecified atom stereocenters. The highest BCUT2D eigenvalue weighted by Gasteiger charge is 2.50. The first-order valence-electron chi connectivity index (χ1n) is 7.20. The maximum atomic E-state index is 12.3. The van der Waals surface area contributed by atoms with Gasteiger partial charge in [0.05, 0.1) is 0 Å². The third-order valence-electron chi connectivity index (χ3n) is 4.50. The highest BCUT2D eigenvalue weighted by molar-refractivity contribution is 6.20. The van der Waals surface area contributed by atoms with Crippen LogP contribution in [0.2, 0.25) is 0 Å². The highest BCUT2D eigenvalue weighted by atomic mass is 16.6. The number of hydrogen-bond donors (Lipinski definition) is 1. The topological polar surface area (TPSA) is 46.5 Å². The molecule has 0 bridgehead atoms. The molecule has 1 saturated carbocycles. The molecule has 0 saturated heterocycles. The number of ether oxygens (including phenoxy) is 1. The quantitative estimate of drug-likeness (QED) is 0.792. The van der Waals surface area contributed by atoms with E-state index in [2.05, 4.69) is 0 Å². The van der Waals surface area contributed by atoms with Crippen molar-refractivity contribution >= 4 is 11.5 Å². The van der Waals surface area contributed by atoms with Crippen molar-refractivity contribution in [2.24, 2.45) is 0 Å². The van der Waals surface area contributed by atoms with Gasteiger partial charge in [0, 0.05) is 0 Å². The van der Waals surface area contributed by atoms with Crippen LogP contribution in [0.5, 0.6) is 0 Å². The monoisotopic (exact) mass is 272 g/mol. The Kier molecular flexibility index (Phi) is 2.89. The molecule has 3 nitrogen and oxygen atoms in total. The van der Waals surface area contributed by atoms with Crippen molar-refractivity contribution in [3.8, 4) is 0 Å². The van der Waals surface area contributed by atoms with Crippen molar-refractivity contribution in [3.63, 3.8) is 0 Å². The molecule has 3 rings (SSSR count). The average Bonchev–Trinajstić information content (AvgIpc) is 2.89. The van der Waals surface area contributed by atoms with E-state index >= 15 is 0 Å². The van der Waals surface area contributed by atoms with Gasteiger partial charge in [-0.05, 0) is 63.1 Å². The molecule has 1 heterocycles. The Morgan fingerprint density at radius 3 is 2.20 bits per heavy atom. The van der Waals surface area contributed by atoms with E-state index in [1.165, 1.54) is 0 Å². The van der Waals surface area contributed by atoms with Gasteiger partial charge >= 0.3 is 5.97 Å². The number of carbonyl (C=O) groups is 1. The number of rotatable bonds is 1. The summed E-state index contributed by atoms with van der Waals surface area (Å²) in [7, 11) is 0. The van der Waals surface area contributed by atoms with Crippen molar-refractivity contribution in [2.75, 3.05) is 0 Å². The molecular weight excluding hydrogens is 252 g/mol. The van der Waals surface area contributed by atoms with Crippen molar-refractivity contribution in [1.82, 2.24) is 0 Å². The standard InChI is InChI=1S/C17H20O3/c1-10-8-11(2)13(12(3)9-10)14-15(18)17(20-16(14)19)6-4-5-7-17/h8-9,18H,4-7H2,1-3H3. The second kappa shape index (κ2) is 4.37. The smallest absolute Gasteiger partial charge is 0.343 e. The van der Waals surface area contributed by atoms with Gasteiger partial charge in [0.25, 0.3) is 0 Å². The summed E-state index contributed by atoms with van der Waals surface area (Å²) in [5, 5.41) is 10.6. The fraction of sp³-hybridized carbons (Fsp3) is 0.471. The number of benzene rings is 1. The van der Waals surface area contributed by atoms with Crippen molar-refractivity contribution in [2.45, 2.75) is 52.1 Å². The number of carbonyl (C=O) groups excluding carboxylic acids is 1. The minimum atomic E-state index is -0.740. The first kappa shape index (κ1) is 13.2. The molecule has 0 atom stereocenters. The van der Waals surface area contributed by atoms with Crippen LogP contribution in [-0.4, -0.2) is 16.7 Å². The number of esters is 1. The van der Waals surface area contributed by atoms with E-state index in [9.17, 15) is 9.90 Å². The summed E-state index contributed by atoms with van der Waals surface area (Å²) >= 11 is 0. The van der Waals surface area contributed by atoms with Gasteiger partial charge in [0.15, 0.2) is 11.4 Å². The molecule has 1 N–H and O–H groups in total. The van der Waals surface area contributed by atoms with Crippen LogP contribution in [-0.2, 0) is 9.53 Å². The average molecular weight is 272 g/mol. The summed E-state index contributed by atoms with van der Waals surface area (Å²) < 4.78 is 5.57. The molecule has 1 aromatic rings. The normalized spacial score (nSPS) is 20.9. The lowest BCUT2D eigenvalue weighted by Gasteiger charge is -2.21. The Morgan fingerprint density at radius 1 is 1.10 bits per heavy atom. The van der Waals surface area contributed by atoms with Crippen LogP contribution in [0.25, 0.3) is 5.57 Å². The minimum Gasteiger partial charge on any atom is -0.507 e. The summed E-state index contributed by atoms with van der Waals surface area (Å²) in [4.78, 5) is 12.3. The summed E-state index contributed by atoms with van der Waals surface area (Å²) in [6.07, 6.45) is 3.46. The largest absolute Gasteiger partial charge is 0.507 e. The lowest BCUT2D eigenvalue weighted by Crippen LogP contribution is -2.27. The second-order valence-electron chi connectivity index (χ2n) is 6.09. The zero-order chi connectivity index (χ0) is 14.5. The Morgan fingerprint density at radius 2 is 1.65 bits per heavy atom. The Hall–Kier alpha value is -1.77. The van der Waals surface area contributed by atoms with Crippen LogP contribution in [0.15, 0.2) is 17.9 Å². The van der Waals surface area contributed by atoms with Gasteiger partial charge in [-0.25, -0.2) is 4.79 Å². The highest BCUT2D eigenvalue weighted by Crippen LogP contribution is 2.47. The summed E-state index contributed by atoms with van der Waals surface area (Å²) in [5.74, 6) is -0.227. The number of aryl methyl sites for hydroxylation is 3. The number of aliphatic hydroxyl groups excluding tert-OH is 1. The van der Waals surface area contributed by atoms with Crippen LogP contribution in [0.3, 0.4) is 0 Å². The number of aliphatic hydroxyl groups is 1. The van der Waals surface area contributed by atoms with Gasteiger partial charge in [-0.1, -0.05) is 17.7 Å². The molecular formula is C17H20O3. The summed E-state index contributed by atoms with van der Waals surface area (Å²) in [6.45, 7) is 5.98. The predicted octanol–water partition coefficient (Wildman–Crippen LogP) is 3.75. The number of hydrogen-bond acceptors (Lipinski definition) is 3. The van der Waals surface area contributed by atoms with Gasteiger partial charge in [-0.3, -0.25) is 0 Å². The summed E-state index contributed by atoms with van der Waals surface area (Å²) in [6, 6.07) is 4.07. The maximum Gasteiger partial charge on any atom is 0.343 e. The Labute approximate surface area is 119 Å². The lowest BCUT2D eigenvalue weighted by molar-refractivity contribution is -0.146. The van der Waals surface area contributed by atoms with Crippen LogP contribution < -0.4 is 0 Å². The van der Waals surface area contributed by atoms with Gasteiger partial charge in [-0.2, -0.15) is 0 Å². The van der Waals surface area contributed by atoms with E-state index in [-0.39, 0.29) is 11.7 Å². The van der Waals surface area contributed by atoms with Crippen LogP contribution in [0.1, 0.15) is 47.9 Å². The van der Waals surface area contributed by atoms with Gasteiger partial charge in [0.2, 0.25) is 0 Å². The summed E-state index contributed by atoms with van der Waals surface area (Å²) in [5.41, 5.74) is 3.65. The van der Waals surface area contributed by atoms with Crippen LogP contribution in [0.4, 0.5) is 0 Å². The van der Waals surface area contributed by atoms with E-state index < -0.39 is 5.60 Å². The molecule has 0 radical (unpaired) electrons. The van der Waals surface area contributed by atoms with E-state index in [0.29, 0.717) is 5.57 Å². The molecule has 106 valence electrons. The van der Waals surface area contributed by atoms with E-state index in [1.807, 2.05) is 32.9 Å². The molecule has 1 aliphatic carbocycles. The lowest BCUT2D eigenvalue weighted by atomic mass is 9.90. The van der Waals surface area contributed by atoms with E-state index in [4.69, 9.17) is 4.74 Å². The molecule has 1 aliphatic heterocycles. The Bertz CT molecular complexity index is 596. The fourth-order valence-electron chi connectivity index (χ4n) is 3.68. The third-order valence-corrected chi connectivity index (χ3v) is 4.50. The van der Waals surface area contributed by atoms with Gasteiger partial charge < -0.3 is 9.84 Å². The molecule has 2 aliphatic rings. The minimum absolute atomic E-state index is 0.148. The molecule has 0 aromatic heterocycles. The van der Waals surface area contributed by atoms with Gasteiger partial charge in [0.1, 0.15) is 5.57 Å². The SMILES string of the molecule is Cc1cc(C)c(C2=C(O)C3(CCCC3)OC2=O)c(C)c1. The fourth-order valence-corrected chi connectivity index (χ4v) is 3.68. The zero-order valence-electron chi connectivity index (χ0n) is 12.2. The molecule has 1 spiro atoms. The van der Waals surface area contributed by atoms with Crippen molar-refractivity contribution in [1.29, 1.82) is 0 Å². The molecule has 0 amide bonds. The molecule has 1 fully saturated rings. The first-order valence-corrected chi connectivity index (χ1v) is 7.20. The zero-order valence-corrected chi connectivity index (χ0v) is 12.2. The molecule has 1 aromatic carbocycles. The van der Waals surface area contributed by atoms with Gasteiger partial charge in [-0.15, -0.1) is 0 Å². The maximum absolute atomic E-state index is 12.3. The third kappa shape index (κ3) is 1.76. The van der Waals surface area contributed by atoms with Crippen LogP contribution in [0, 0.1) is 20.8 Å². The van der Waals surface area contributed by atoms with E-state index in [1.54, 1.807) is 0 Å². The van der Waals surface area contributed by atoms with E-state index in [0.717, 1.165) is 47.9 Å². The first-order chi connectivity index (χ1) is 9.44. The van der Waals surface area contributed by atoms with Crippen molar-refractivity contribution in [3.05, 3.63) is 40.1 Å². The van der Waals surface area contributed by atoms with Crippen molar-refractivity contribution < 1.29 is 14.6 Å². The Balaban J connectivity index is 2.19. The molecule has 3 heteroatoms. The van der Waals surface area contributed by atoms with Crippen LogP contribution >= 0.6 is 0 Å². The second-order valence-corrected chi connectivity index (χ2v) is 6.09. The predicted molar refractivity (Wildman–Crippen MR) is 77.5 cm³/mol. The molecule has 20 heavy (non-hydrogen) atoms.